The number of fused-ring (bicyclic) bond motifs is 1. The van der Waals surface area contributed by atoms with Crippen molar-refractivity contribution in [2.45, 2.75) is 19.8 Å². The van der Waals surface area contributed by atoms with E-state index in [0.29, 0.717) is 23.6 Å². The second-order valence-electron chi connectivity index (χ2n) is 6.60. The Labute approximate surface area is 162 Å². The lowest BCUT2D eigenvalue weighted by Crippen LogP contribution is -2.11. The number of carbonyl (C=O) groups excluding carboxylic acids is 1. The Morgan fingerprint density at radius 2 is 1.71 bits per heavy atom. The van der Waals surface area contributed by atoms with Crippen LogP contribution in [0.5, 0.6) is 0 Å². The summed E-state index contributed by atoms with van der Waals surface area (Å²) in [7, 11) is 0. The number of aryl methyl sites for hydroxylation is 1. The number of halogens is 1. The largest absolute Gasteiger partial charge is 0.440 e. The molecule has 1 N–H and O–H groups in total. The molecule has 0 bridgehead atoms. The van der Waals surface area contributed by atoms with E-state index in [0.717, 1.165) is 23.1 Å². The van der Waals surface area contributed by atoms with Crippen molar-refractivity contribution < 1.29 is 13.6 Å². The normalized spacial score (nSPS) is 10.9. The lowest BCUT2D eigenvalue weighted by Gasteiger charge is -2.06. The van der Waals surface area contributed by atoms with Crippen molar-refractivity contribution in [2.24, 2.45) is 0 Å². The minimum atomic E-state index is -0.369. The van der Waals surface area contributed by atoms with E-state index in [1.165, 1.54) is 29.8 Å². The van der Waals surface area contributed by atoms with Crippen molar-refractivity contribution in [1.82, 2.24) is 4.98 Å². The van der Waals surface area contributed by atoms with Gasteiger partial charge in [0.1, 0.15) is 11.3 Å². The van der Waals surface area contributed by atoms with Gasteiger partial charge in [0.05, 0.1) is 0 Å². The molecular formula is C23H19FN2O2. The number of nitrogens with zero attached hydrogens (tertiary/aromatic N) is 1. The van der Waals surface area contributed by atoms with E-state index in [1.807, 2.05) is 30.3 Å². The first-order valence-corrected chi connectivity index (χ1v) is 9.15. The van der Waals surface area contributed by atoms with Crippen LogP contribution >= 0.6 is 0 Å². The summed E-state index contributed by atoms with van der Waals surface area (Å²) in [4.78, 5) is 16.8. The van der Waals surface area contributed by atoms with E-state index in [-0.39, 0.29) is 11.7 Å². The quantitative estimate of drug-likeness (QED) is 0.511. The maximum absolute atomic E-state index is 13.0. The smallest absolute Gasteiger partial charge is 0.255 e. The molecule has 0 fully saturated rings. The predicted molar refractivity (Wildman–Crippen MR) is 107 cm³/mol. The van der Waals surface area contributed by atoms with E-state index in [2.05, 4.69) is 29.4 Å². The van der Waals surface area contributed by atoms with Crippen LogP contribution in [-0.2, 0) is 12.8 Å². The van der Waals surface area contributed by atoms with Crippen LogP contribution < -0.4 is 5.32 Å². The predicted octanol–water partition coefficient (Wildman–Crippen LogP) is 5.37. The van der Waals surface area contributed by atoms with Crippen LogP contribution in [-0.4, -0.2) is 10.9 Å². The molecular weight excluding hydrogens is 355 g/mol. The van der Waals surface area contributed by atoms with Crippen LogP contribution in [0.25, 0.3) is 11.1 Å². The standard InChI is InChI=1S/C23H19FN2O2/c1-2-15-5-12-21-20(13-15)26-22(28-21)14-16-3-10-19(11-4-16)25-23(27)17-6-8-18(24)9-7-17/h3-13H,2,14H2,1H3,(H,25,27). The number of nitrogens with one attached hydrogen (secondary N) is 1. The lowest BCUT2D eigenvalue weighted by atomic mass is 10.1. The second-order valence-corrected chi connectivity index (χ2v) is 6.60. The molecule has 4 aromatic rings. The minimum Gasteiger partial charge on any atom is -0.440 e. The number of aromatic nitrogens is 1. The zero-order chi connectivity index (χ0) is 19.5. The third-order valence-corrected chi connectivity index (χ3v) is 4.58. The average molecular weight is 374 g/mol. The Bertz CT molecular complexity index is 1120. The third kappa shape index (κ3) is 3.93. The topological polar surface area (TPSA) is 55.1 Å². The van der Waals surface area contributed by atoms with Gasteiger partial charge in [-0.3, -0.25) is 4.79 Å². The molecule has 4 rings (SSSR count). The maximum Gasteiger partial charge on any atom is 0.255 e. The Kier molecular flexibility index (Phi) is 4.89. The maximum atomic E-state index is 13.0. The van der Waals surface area contributed by atoms with E-state index in [4.69, 9.17) is 4.42 Å². The molecule has 0 unspecified atom stereocenters. The van der Waals surface area contributed by atoms with Crippen LogP contribution in [0, 0.1) is 5.82 Å². The first kappa shape index (κ1) is 17.9. The lowest BCUT2D eigenvalue weighted by molar-refractivity contribution is 0.102. The Morgan fingerprint density at radius 1 is 1.00 bits per heavy atom. The summed E-state index contributed by atoms with van der Waals surface area (Å²) >= 11 is 0. The number of rotatable bonds is 5. The van der Waals surface area contributed by atoms with Crippen molar-refractivity contribution in [3.8, 4) is 0 Å². The van der Waals surface area contributed by atoms with Crippen LogP contribution in [0.3, 0.4) is 0 Å². The first-order chi connectivity index (χ1) is 13.6. The zero-order valence-corrected chi connectivity index (χ0v) is 15.4. The molecule has 0 saturated carbocycles. The van der Waals surface area contributed by atoms with Gasteiger partial charge in [-0.05, 0) is 66.1 Å². The van der Waals surface area contributed by atoms with Crippen LogP contribution in [0.1, 0.15) is 34.3 Å². The van der Waals surface area contributed by atoms with Gasteiger partial charge in [-0.2, -0.15) is 0 Å². The van der Waals surface area contributed by atoms with Crippen LogP contribution in [0.15, 0.2) is 71.1 Å². The Hall–Kier alpha value is -3.47. The molecule has 5 heteroatoms. The molecule has 3 aromatic carbocycles. The molecule has 0 aliphatic rings. The molecule has 140 valence electrons. The van der Waals surface area contributed by atoms with Crippen molar-refractivity contribution in [3.63, 3.8) is 0 Å². The highest BCUT2D eigenvalue weighted by atomic mass is 19.1. The van der Waals surface area contributed by atoms with Gasteiger partial charge >= 0.3 is 0 Å². The zero-order valence-electron chi connectivity index (χ0n) is 15.4. The fourth-order valence-corrected chi connectivity index (χ4v) is 3.00. The van der Waals surface area contributed by atoms with Gasteiger partial charge in [0.25, 0.3) is 5.91 Å². The van der Waals surface area contributed by atoms with Crippen LogP contribution in [0.2, 0.25) is 0 Å². The van der Waals surface area contributed by atoms with Gasteiger partial charge < -0.3 is 9.73 Å². The molecule has 28 heavy (non-hydrogen) atoms. The molecule has 0 saturated heterocycles. The monoisotopic (exact) mass is 374 g/mol. The van der Waals surface area contributed by atoms with E-state index in [1.54, 1.807) is 0 Å². The highest BCUT2D eigenvalue weighted by molar-refractivity contribution is 6.04. The fourth-order valence-electron chi connectivity index (χ4n) is 3.00. The van der Waals surface area contributed by atoms with Gasteiger partial charge in [-0.15, -0.1) is 0 Å². The molecule has 0 aliphatic heterocycles. The highest BCUT2D eigenvalue weighted by Gasteiger charge is 2.09. The summed E-state index contributed by atoms with van der Waals surface area (Å²) in [5.41, 5.74) is 5.00. The molecule has 0 radical (unpaired) electrons. The summed E-state index contributed by atoms with van der Waals surface area (Å²) in [6.07, 6.45) is 1.53. The van der Waals surface area contributed by atoms with Gasteiger partial charge in [0.2, 0.25) is 0 Å². The van der Waals surface area contributed by atoms with Crippen molar-refractivity contribution >= 4 is 22.7 Å². The molecule has 1 amide bonds. The van der Waals surface area contributed by atoms with E-state index >= 15 is 0 Å². The number of anilines is 1. The number of hydrogen-bond donors (Lipinski definition) is 1. The first-order valence-electron chi connectivity index (χ1n) is 9.15. The molecule has 0 aliphatic carbocycles. The van der Waals surface area contributed by atoms with Gasteiger partial charge in [-0.1, -0.05) is 25.1 Å². The van der Waals surface area contributed by atoms with Crippen LogP contribution in [0.4, 0.5) is 10.1 Å². The third-order valence-electron chi connectivity index (χ3n) is 4.58. The van der Waals surface area contributed by atoms with Gasteiger partial charge in [-0.25, -0.2) is 9.37 Å². The SMILES string of the molecule is CCc1ccc2oc(Cc3ccc(NC(=O)c4ccc(F)cc4)cc3)nc2c1. The van der Waals surface area contributed by atoms with Crippen molar-refractivity contribution in [1.29, 1.82) is 0 Å². The average Bonchev–Trinajstić information content (AvgIpc) is 3.11. The molecule has 1 aromatic heterocycles. The van der Waals surface area contributed by atoms with Crippen molar-refractivity contribution in [3.05, 3.63) is 95.1 Å². The van der Waals surface area contributed by atoms with E-state index < -0.39 is 0 Å². The summed E-state index contributed by atoms with van der Waals surface area (Å²) < 4.78 is 18.8. The Balaban J connectivity index is 1.44. The molecule has 4 nitrogen and oxygen atoms in total. The fraction of sp³-hybridized carbons (Fsp3) is 0.130. The number of amides is 1. The summed E-state index contributed by atoms with van der Waals surface area (Å²) in [6.45, 7) is 2.11. The molecule has 1 heterocycles. The number of hydrogen-bond acceptors (Lipinski definition) is 3. The summed E-state index contributed by atoms with van der Waals surface area (Å²) in [5, 5.41) is 2.80. The molecule has 0 atom stereocenters. The Morgan fingerprint density at radius 3 is 2.43 bits per heavy atom. The number of benzene rings is 3. The summed E-state index contributed by atoms with van der Waals surface area (Å²) in [5.74, 6) is 0.01000. The van der Waals surface area contributed by atoms with Gasteiger partial charge in [0.15, 0.2) is 11.5 Å². The van der Waals surface area contributed by atoms with E-state index in [9.17, 15) is 9.18 Å². The van der Waals surface area contributed by atoms with Gasteiger partial charge in [0, 0.05) is 17.7 Å². The summed E-state index contributed by atoms with van der Waals surface area (Å²) in [6, 6.07) is 19.0. The second kappa shape index (κ2) is 7.64. The number of oxazole rings is 1. The van der Waals surface area contributed by atoms with Crippen molar-refractivity contribution in [2.75, 3.05) is 5.32 Å². The number of carbonyl (C=O) groups is 1. The highest BCUT2D eigenvalue weighted by Crippen LogP contribution is 2.20. The minimum absolute atomic E-state index is 0.279. The molecule has 0 spiro atoms.